The van der Waals surface area contributed by atoms with Crippen LogP contribution >= 0.6 is 0 Å². The summed E-state index contributed by atoms with van der Waals surface area (Å²) in [6.45, 7) is 7.89. The maximum atomic E-state index is 12.0. The summed E-state index contributed by atoms with van der Waals surface area (Å²) in [5.74, 6) is -2.82. The summed E-state index contributed by atoms with van der Waals surface area (Å²) < 4.78 is 55.5. The molecule has 0 aromatic rings. The van der Waals surface area contributed by atoms with Crippen LogP contribution in [-0.4, -0.2) is 144 Å². The molecule has 1 fully saturated rings. The number of ether oxygens (including phenoxy) is 10. The summed E-state index contributed by atoms with van der Waals surface area (Å²) in [6.07, 6.45) is 11.7. The molecule has 0 bridgehead atoms. The SMILES string of the molecule is CCCCCCCCCCCCCCCCOCC(CO)(CO)COCCOCCOCCO[C@H]1O[C@H](COC(C)=O)[C@@H](OC(C)=O)[C@H](OC(C)=O)[C@@H]1OC(C)=O. The lowest BCUT2D eigenvalue weighted by atomic mass is 9.92. The molecule has 16 nitrogen and oxygen atoms in total. The highest BCUT2D eigenvalue weighted by atomic mass is 16.7. The summed E-state index contributed by atoms with van der Waals surface area (Å²) in [7, 11) is 0. The molecule has 1 heterocycles. The van der Waals surface area contributed by atoms with Gasteiger partial charge in [-0.1, -0.05) is 90.4 Å². The number of unbranched alkanes of at least 4 members (excludes halogenated alkanes) is 13. The number of esters is 4. The summed E-state index contributed by atoms with van der Waals surface area (Å²) in [5.41, 5.74) is -0.893. The van der Waals surface area contributed by atoms with Crippen LogP contribution in [0, 0.1) is 5.41 Å². The molecule has 1 rings (SSSR count). The highest BCUT2D eigenvalue weighted by molar-refractivity contribution is 5.68. The largest absolute Gasteiger partial charge is 0.463 e. The highest BCUT2D eigenvalue weighted by Crippen LogP contribution is 2.30. The van der Waals surface area contributed by atoms with E-state index in [1.807, 2.05) is 0 Å². The average Bonchev–Trinajstić information content (AvgIpc) is 3.16. The third kappa shape index (κ3) is 25.6. The van der Waals surface area contributed by atoms with E-state index in [1.165, 1.54) is 84.0 Å². The smallest absolute Gasteiger partial charge is 0.303 e. The van der Waals surface area contributed by atoms with Crippen LogP contribution in [-0.2, 0) is 66.5 Å². The van der Waals surface area contributed by atoms with Gasteiger partial charge in [0.25, 0.3) is 0 Å². The zero-order chi connectivity index (χ0) is 42.2. The number of rotatable bonds is 36. The Hall–Kier alpha value is -2.44. The standard InChI is InChI=1S/C41H74O16/c1-6-7-8-9-10-11-12-13-14-15-16-17-18-19-20-50-30-41(28-42,29-43)31-51-24-23-48-21-22-49-25-26-52-40-39(56-35(5)47)38(55-34(4)46)37(54-33(3)45)36(57-40)27-53-32(2)44/h36-40,42-43H,6-31H2,1-5H3/t36-,37-,38+,39+,40+/m1/s1. The summed E-state index contributed by atoms with van der Waals surface area (Å²) in [5, 5.41) is 19.9. The summed E-state index contributed by atoms with van der Waals surface area (Å²) in [4.78, 5) is 47.3. The normalized spacial score (nSPS) is 19.6. The van der Waals surface area contributed by atoms with Crippen molar-refractivity contribution in [3.8, 4) is 0 Å². The van der Waals surface area contributed by atoms with Crippen molar-refractivity contribution < 1.29 is 76.8 Å². The fourth-order valence-electron chi connectivity index (χ4n) is 6.24. The molecule has 0 spiro atoms. The molecule has 16 heteroatoms. The Morgan fingerprint density at radius 1 is 0.509 bits per heavy atom. The molecule has 0 aromatic carbocycles. The van der Waals surface area contributed by atoms with Gasteiger partial charge in [-0.25, -0.2) is 0 Å². The van der Waals surface area contributed by atoms with Crippen LogP contribution in [0.3, 0.4) is 0 Å². The first-order valence-corrected chi connectivity index (χ1v) is 20.9. The van der Waals surface area contributed by atoms with E-state index in [0.29, 0.717) is 6.61 Å². The second-order valence-corrected chi connectivity index (χ2v) is 14.7. The minimum absolute atomic E-state index is 0.0390. The number of carbonyl (C=O) groups is 4. The lowest BCUT2D eigenvalue weighted by molar-refractivity contribution is -0.309. The van der Waals surface area contributed by atoms with Gasteiger partial charge in [-0.2, -0.15) is 0 Å². The minimum atomic E-state index is -1.32. The monoisotopic (exact) mass is 822 g/mol. The van der Waals surface area contributed by atoms with E-state index in [-0.39, 0.29) is 72.7 Å². The van der Waals surface area contributed by atoms with Crippen molar-refractivity contribution in [1.29, 1.82) is 0 Å². The van der Waals surface area contributed by atoms with Crippen LogP contribution in [0.1, 0.15) is 125 Å². The fraction of sp³-hybridized carbons (Fsp3) is 0.902. The number of aliphatic hydroxyl groups excluding tert-OH is 2. The number of hydrogen-bond donors (Lipinski definition) is 2. The molecule has 0 radical (unpaired) electrons. The molecule has 1 saturated heterocycles. The van der Waals surface area contributed by atoms with Crippen molar-refractivity contribution >= 4 is 23.9 Å². The van der Waals surface area contributed by atoms with Crippen molar-refractivity contribution in [3.05, 3.63) is 0 Å². The van der Waals surface area contributed by atoms with Crippen LogP contribution in [0.5, 0.6) is 0 Å². The first-order valence-electron chi connectivity index (χ1n) is 20.9. The molecule has 1 aliphatic heterocycles. The quantitative estimate of drug-likeness (QED) is 0.0504. The van der Waals surface area contributed by atoms with Crippen LogP contribution < -0.4 is 0 Å². The van der Waals surface area contributed by atoms with Crippen LogP contribution in [0.2, 0.25) is 0 Å². The zero-order valence-electron chi connectivity index (χ0n) is 35.4. The second kappa shape index (κ2) is 33.4. The predicted molar refractivity (Wildman–Crippen MR) is 208 cm³/mol. The molecule has 0 amide bonds. The molecule has 334 valence electrons. The van der Waals surface area contributed by atoms with Gasteiger partial charge in [0.15, 0.2) is 24.6 Å². The van der Waals surface area contributed by atoms with E-state index >= 15 is 0 Å². The van der Waals surface area contributed by atoms with Crippen molar-refractivity contribution in [1.82, 2.24) is 0 Å². The number of aliphatic hydroxyl groups is 2. The van der Waals surface area contributed by atoms with Gasteiger partial charge in [-0.05, 0) is 6.42 Å². The van der Waals surface area contributed by atoms with Gasteiger partial charge >= 0.3 is 23.9 Å². The Bertz CT molecular complexity index is 1050. The van der Waals surface area contributed by atoms with E-state index in [1.54, 1.807) is 0 Å². The van der Waals surface area contributed by atoms with Crippen LogP contribution in [0.15, 0.2) is 0 Å². The van der Waals surface area contributed by atoms with Gasteiger partial charge in [0.05, 0.1) is 71.5 Å². The van der Waals surface area contributed by atoms with E-state index in [9.17, 15) is 29.4 Å². The maximum Gasteiger partial charge on any atom is 0.303 e. The minimum Gasteiger partial charge on any atom is -0.463 e. The third-order valence-corrected chi connectivity index (χ3v) is 9.33. The lowest BCUT2D eigenvalue weighted by Crippen LogP contribution is -2.63. The number of hydrogen-bond acceptors (Lipinski definition) is 16. The molecule has 5 atom stereocenters. The molecular weight excluding hydrogens is 748 g/mol. The van der Waals surface area contributed by atoms with E-state index in [4.69, 9.17) is 47.4 Å². The predicted octanol–water partition coefficient (Wildman–Crippen LogP) is 4.60. The zero-order valence-corrected chi connectivity index (χ0v) is 35.4. The van der Waals surface area contributed by atoms with Gasteiger partial charge in [0.1, 0.15) is 12.7 Å². The maximum absolute atomic E-state index is 12.0. The van der Waals surface area contributed by atoms with E-state index in [2.05, 4.69) is 6.92 Å². The molecule has 0 saturated carbocycles. The fourth-order valence-corrected chi connectivity index (χ4v) is 6.24. The van der Waals surface area contributed by atoms with Crippen molar-refractivity contribution in [2.45, 2.75) is 155 Å². The Labute approximate surface area is 340 Å². The van der Waals surface area contributed by atoms with Gasteiger partial charge in [-0.3, -0.25) is 19.2 Å². The lowest BCUT2D eigenvalue weighted by Gasteiger charge is -2.44. The van der Waals surface area contributed by atoms with E-state index < -0.39 is 60.0 Å². The molecule has 1 aliphatic rings. The Morgan fingerprint density at radius 2 is 0.930 bits per heavy atom. The Balaban J connectivity index is 2.29. The third-order valence-electron chi connectivity index (χ3n) is 9.33. The Morgan fingerprint density at radius 3 is 1.40 bits per heavy atom. The molecular formula is C41H74O16. The first kappa shape index (κ1) is 52.6. The van der Waals surface area contributed by atoms with Crippen LogP contribution in [0.4, 0.5) is 0 Å². The summed E-state index contributed by atoms with van der Waals surface area (Å²) >= 11 is 0. The first-order chi connectivity index (χ1) is 27.5. The Kier molecular flexibility index (Phi) is 30.8. The average molecular weight is 823 g/mol. The topological polar surface area (TPSA) is 201 Å². The van der Waals surface area contributed by atoms with Gasteiger partial charge in [0, 0.05) is 34.3 Å². The molecule has 57 heavy (non-hydrogen) atoms. The summed E-state index contributed by atoms with van der Waals surface area (Å²) in [6, 6.07) is 0. The van der Waals surface area contributed by atoms with Crippen molar-refractivity contribution in [2.24, 2.45) is 5.41 Å². The second-order valence-electron chi connectivity index (χ2n) is 14.7. The van der Waals surface area contributed by atoms with Crippen molar-refractivity contribution in [3.63, 3.8) is 0 Å². The van der Waals surface area contributed by atoms with Gasteiger partial charge in [-0.15, -0.1) is 0 Å². The molecule has 0 unspecified atom stereocenters. The molecule has 2 N–H and O–H groups in total. The number of carbonyl (C=O) groups excluding carboxylic acids is 4. The highest BCUT2D eigenvalue weighted by Gasteiger charge is 2.52. The van der Waals surface area contributed by atoms with Gasteiger partial charge in [0.2, 0.25) is 0 Å². The van der Waals surface area contributed by atoms with Crippen LogP contribution in [0.25, 0.3) is 0 Å². The van der Waals surface area contributed by atoms with Crippen molar-refractivity contribution in [2.75, 3.05) is 79.3 Å². The molecule has 0 aliphatic carbocycles. The van der Waals surface area contributed by atoms with E-state index in [0.717, 1.165) is 33.6 Å². The molecule has 0 aromatic heterocycles. The van der Waals surface area contributed by atoms with Gasteiger partial charge < -0.3 is 57.6 Å².